The summed E-state index contributed by atoms with van der Waals surface area (Å²) >= 11 is 0. The Hall–Kier alpha value is -1.78. The number of anilines is 1. The molecule has 2 aromatic rings. The fraction of sp³-hybridized carbons (Fsp3) is 0.571. The monoisotopic (exact) mass is 259 g/mol. The molecule has 5 nitrogen and oxygen atoms in total. The molecule has 0 bridgehead atoms. The van der Waals surface area contributed by atoms with E-state index < -0.39 is 0 Å². The average molecular weight is 259 g/mol. The zero-order valence-corrected chi connectivity index (χ0v) is 11.6. The van der Waals surface area contributed by atoms with Crippen LogP contribution in [0.1, 0.15) is 48.7 Å². The normalized spacial score (nSPS) is 16.1. The van der Waals surface area contributed by atoms with Crippen LogP contribution >= 0.6 is 0 Å². The van der Waals surface area contributed by atoms with Crippen molar-refractivity contribution < 1.29 is 0 Å². The Kier molecular flexibility index (Phi) is 3.27. The van der Waals surface area contributed by atoms with Gasteiger partial charge in [-0.3, -0.25) is 9.78 Å². The highest BCUT2D eigenvalue weighted by atomic mass is 15.3. The molecule has 0 amide bonds. The van der Waals surface area contributed by atoms with E-state index in [-0.39, 0.29) is 0 Å². The van der Waals surface area contributed by atoms with E-state index >= 15 is 0 Å². The Balaban J connectivity index is 1.70. The molecule has 0 spiro atoms. The van der Waals surface area contributed by atoms with Crippen LogP contribution in [0.25, 0.3) is 0 Å². The first kappa shape index (κ1) is 12.3. The van der Waals surface area contributed by atoms with Crippen LogP contribution in [0.5, 0.6) is 0 Å². The summed E-state index contributed by atoms with van der Waals surface area (Å²) < 4.78 is 2.19. The van der Waals surface area contributed by atoms with Crippen molar-refractivity contribution in [1.29, 1.82) is 0 Å². The third-order valence-corrected chi connectivity index (χ3v) is 4.12. The Morgan fingerprint density at radius 1 is 1.32 bits per heavy atom. The molecule has 0 saturated heterocycles. The minimum atomic E-state index is 0.603. The van der Waals surface area contributed by atoms with Crippen molar-refractivity contribution in [2.24, 2.45) is 0 Å². The molecule has 102 valence electrons. The van der Waals surface area contributed by atoms with Gasteiger partial charge in [-0.05, 0) is 26.7 Å². The number of nitrogens with zero attached hydrogens (tertiary/aromatic N) is 3. The molecule has 19 heavy (non-hydrogen) atoms. The lowest BCUT2D eigenvalue weighted by molar-refractivity contribution is 0.457. The molecule has 2 aromatic heterocycles. The molecule has 1 aliphatic rings. The molecular weight excluding hydrogens is 238 g/mol. The van der Waals surface area contributed by atoms with Crippen LogP contribution in [-0.2, 0) is 6.54 Å². The second-order valence-corrected chi connectivity index (χ2v) is 5.40. The molecule has 5 heteroatoms. The fourth-order valence-electron chi connectivity index (χ4n) is 2.86. The number of hydrogen-bond acceptors (Lipinski definition) is 3. The minimum Gasteiger partial charge on any atom is -0.378 e. The molecule has 3 rings (SSSR count). The van der Waals surface area contributed by atoms with E-state index in [4.69, 9.17) is 0 Å². The van der Waals surface area contributed by atoms with Crippen LogP contribution in [0, 0.1) is 13.8 Å². The highest BCUT2D eigenvalue weighted by molar-refractivity contribution is 5.46. The minimum absolute atomic E-state index is 0.603. The lowest BCUT2D eigenvalue weighted by Crippen LogP contribution is -2.09. The summed E-state index contributed by atoms with van der Waals surface area (Å²) in [5.41, 5.74) is 4.70. The second-order valence-electron chi connectivity index (χ2n) is 5.40. The number of aryl methyl sites for hydroxylation is 1. The van der Waals surface area contributed by atoms with Crippen LogP contribution in [0.15, 0.2) is 12.4 Å². The molecule has 2 N–H and O–H groups in total. The lowest BCUT2D eigenvalue weighted by Gasteiger charge is -2.13. The van der Waals surface area contributed by atoms with Crippen molar-refractivity contribution in [2.75, 3.05) is 5.32 Å². The van der Waals surface area contributed by atoms with Gasteiger partial charge in [0.25, 0.3) is 0 Å². The van der Waals surface area contributed by atoms with E-state index in [1.807, 2.05) is 19.3 Å². The molecule has 1 fully saturated rings. The smallest absolute Gasteiger partial charge is 0.0759 e. The maximum atomic E-state index is 4.55. The van der Waals surface area contributed by atoms with E-state index in [2.05, 4.69) is 32.2 Å². The van der Waals surface area contributed by atoms with Gasteiger partial charge >= 0.3 is 0 Å². The number of aromatic amines is 1. The quantitative estimate of drug-likeness (QED) is 0.887. The summed E-state index contributed by atoms with van der Waals surface area (Å²) in [6.07, 6.45) is 9.02. The van der Waals surface area contributed by atoms with Crippen molar-refractivity contribution in [3.8, 4) is 0 Å². The van der Waals surface area contributed by atoms with Gasteiger partial charge in [0, 0.05) is 17.8 Å². The predicted octanol–water partition coefficient (Wildman–Crippen LogP) is 2.95. The summed E-state index contributed by atoms with van der Waals surface area (Å²) in [6.45, 7) is 4.98. The third kappa shape index (κ3) is 2.37. The second kappa shape index (κ2) is 5.07. The van der Waals surface area contributed by atoms with Gasteiger partial charge < -0.3 is 5.32 Å². The van der Waals surface area contributed by atoms with Gasteiger partial charge in [0.2, 0.25) is 0 Å². The number of rotatable bonds is 4. The zero-order chi connectivity index (χ0) is 13.2. The first-order valence-electron chi connectivity index (χ1n) is 7.02. The number of H-pyrrole nitrogens is 1. The Morgan fingerprint density at radius 3 is 2.79 bits per heavy atom. The van der Waals surface area contributed by atoms with Crippen molar-refractivity contribution in [3.63, 3.8) is 0 Å². The fourth-order valence-corrected chi connectivity index (χ4v) is 2.86. The number of aromatic nitrogens is 4. The average Bonchev–Trinajstić information content (AvgIpc) is 3.09. The van der Waals surface area contributed by atoms with Crippen LogP contribution in [0.4, 0.5) is 5.69 Å². The topological polar surface area (TPSA) is 58.5 Å². The molecule has 1 aliphatic carbocycles. The Morgan fingerprint density at radius 2 is 2.11 bits per heavy atom. The maximum absolute atomic E-state index is 4.55. The summed E-state index contributed by atoms with van der Waals surface area (Å²) in [4.78, 5) is 0. The van der Waals surface area contributed by atoms with Crippen molar-refractivity contribution >= 4 is 5.69 Å². The van der Waals surface area contributed by atoms with Gasteiger partial charge in [-0.2, -0.15) is 10.2 Å². The summed E-state index contributed by atoms with van der Waals surface area (Å²) in [7, 11) is 0. The molecule has 0 aliphatic heterocycles. The Bertz CT molecular complexity index is 548. The number of nitrogens with one attached hydrogen (secondary N) is 2. The molecule has 0 radical (unpaired) electrons. The summed E-state index contributed by atoms with van der Waals surface area (Å²) in [6, 6.07) is 0.603. The van der Waals surface area contributed by atoms with Gasteiger partial charge in [0.1, 0.15) is 0 Å². The third-order valence-electron chi connectivity index (χ3n) is 4.12. The molecular formula is C14H21N5. The van der Waals surface area contributed by atoms with E-state index in [0.29, 0.717) is 6.04 Å². The van der Waals surface area contributed by atoms with Crippen molar-refractivity contribution in [1.82, 2.24) is 20.0 Å². The van der Waals surface area contributed by atoms with Gasteiger partial charge in [-0.1, -0.05) is 12.8 Å². The summed E-state index contributed by atoms with van der Waals surface area (Å²) in [5.74, 6) is 0. The van der Waals surface area contributed by atoms with Crippen LogP contribution in [0.3, 0.4) is 0 Å². The van der Waals surface area contributed by atoms with Crippen LogP contribution < -0.4 is 5.32 Å². The van der Waals surface area contributed by atoms with E-state index in [9.17, 15) is 0 Å². The van der Waals surface area contributed by atoms with Gasteiger partial charge in [-0.25, -0.2) is 0 Å². The largest absolute Gasteiger partial charge is 0.378 e. The molecule has 0 atom stereocenters. The van der Waals surface area contributed by atoms with E-state index in [1.165, 1.54) is 36.9 Å². The molecule has 0 aromatic carbocycles. The highest BCUT2D eigenvalue weighted by Gasteiger charge is 2.20. The van der Waals surface area contributed by atoms with Gasteiger partial charge in [0.15, 0.2) is 0 Å². The van der Waals surface area contributed by atoms with Crippen LogP contribution in [-0.4, -0.2) is 20.0 Å². The lowest BCUT2D eigenvalue weighted by atomic mass is 10.2. The van der Waals surface area contributed by atoms with Crippen molar-refractivity contribution in [3.05, 3.63) is 29.3 Å². The van der Waals surface area contributed by atoms with E-state index in [0.717, 1.165) is 17.9 Å². The number of hydrogen-bond donors (Lipinski definition) is 2. The SMILES string of the molecule is Cc1[nH]ncc1CNc1cnn(C2CCCC2)c1C. The summed E-state index contributed by atoms with van der Waals surface area (Å²) in [5, 5.41) is 15.0. The van der Waals surface area contributed by atoms with Crippen molar-refractivity contribution in [2.45, 2.75) is 52.1 Å². The molecule has 2 heterocycles. The van der Waals surface area contributed by atoms with Gasteiger partial charge in [0.05, 0.1) is 29.8 Å². The standard InChI is InChI=1S/C14H21N5/c1-10-12(8-16-18-10)7-15-14-9-17-19(11(14)2)13-5-3-4-6-13/h8-9,13,15H,3-7H2,1-2H3,(H,16,18). The van der Waals surface area contributed by atoms with E-state index in [1.54, 1.807) is 0 Å². The zero-order valence-electron chi connectivity index (χ0n) is 11.6. The van der Waals surface area contributed by atoms with Gasteiger partial charge in [-0.15, -0.1) is 0 Å². The predicted molar refractivity (Wildman–Crippen MR) is 75.1 cm³/mol. The Labute approximate surface area is 113 Å². The first-order chi connectivity index (χ1) is 9.25. The van der Waals surface area contributed by atoms with Crippen LogP contribution in [0.2, 0.25) is 0 Å². The molecule has 0 unspecified atom stereocenters. The highest BCUT2D eigenvalue weighted by Crippen LogP contribution is 2.31. The maximum Gasteiger partial charge on any atom is 0.0759 e. The first-order valence-corrected chi connectivity index (χ1v) is 7.02. The molecule has 1 saturated carbocycles.